The molecule has 0 saturated heterocycles. The third-order valence-corrected chi connectivity index (χ3v) is 3.30. The summed E-state index contributed by atoms with van der Waals surface area (Å²) < 4.78 is 13.9. The third-order valence-electron chi connectivity index (χ3n) is 3.30. The van der Waals surface area contributed by atoms with Gasteiger partial charge < -0.3 is 5.11 Å². The number of aromatic nitrogens is 3. The zero-order valence-corrected chi connectivity index (χ0v) is 11.7. The van der Waals surface area contributed by atoms with E-state index in [1.165, 1.54) is 0 Å². The second kappa shape index (κ2) is 5.01. The number of hydrogen-bond donors (Lipinski definition) is 2. The van der Waals surface area contributed by atoms with Crippen LogP contribution >= 0.6 is 0 Å². The molecule has 3 rings (SSSR count). The maximum Gasteiger partial charge on any atom is 0.181 e. The van der Waals surface area contributed by atoms with Crippen LogP contribution in [0, 0.1) is 19.7 Å². The van der Waals surface area contributed by atoms with Gasteiger partial charge in [-0.1, -0.05) is 23.8 Å². The predicted molar refractivity (Wildman–Crippen MR) is 78.4 cm³/mol. The molecular formula is C16H14FN3O. The van der Waals surface area contributed by atoms with Crippen molar-refractivity contribution in [3.05, 3.63) is 53.3 Å². The molecule has 106 valence electrons. The minimum atomic E-state index is -0.537. The van der Waals surface area contributed by atoms with E-state index < -0.39 is 5.82 Å². The first-order chi connectivity index (χ1) is 10.0. The van der Waals surface area contributed by atoms with Gasteiger partial charge in [0.25, 0.3) is 0 Å². The first-order valence-corrected chi connectivity index (χ1v) is 6.53. The van der Waals surface area contributed by atoms with Crippen LogP contribution in [0.25, 0.3) is 22.8 Å². The summed E-state index contributed by atoms with van der Waals surface area (Å²) in [6, 6.07) is 10.4. The van der Waals surface area contributed by atoms with E-state index >= 15 is 0 Å². The van der Waals surface area contributed by atoms with Crippen LogP contribution in [-0.2, 0) is 0 Å². The fraction of sp³-hybridized carbons (Fsp3) is 0.125. The van der Waals surface area contributed by atoms with Crippen molar-refractivity contribution in [2.24, 2.45) is 0 Å². The maximum atomic E-state index is 13.9. The highest BCUT2D eigenvalue weighted by atomic mass is 19.1. The van der Waals surface area contributed by atoms with E-state index in [9.17, 15) is 9.50 Å². The Hall–Kier alpha value is -2.69. The van der Waals surface area contributed by atoms with Gasteiger partial charge in [0.15, 0.2) is 11.6 Å². The Labute approximate surface area is 121 Å². The van der Waals surface area contributed by atoms with Gasteiger partial charge in [0.2, 0.25) is 0 Å². The number of phenolic OH excluding ortho intramolecular Hbond substituents is 1. The van der Waals surface area contributed by atoms with Crippen molar-refractivity contribution in [1.82, 2.24) is 15.2 Å². The molecule has 0 bridgehead atoms. The molecule has 0 fully saturated rings. The number of rotatable bonds is 2. The first-order valence-electron chi connectivity index (χ1n) is 6.53. The summed E-state index contributed by atoms with van der Waals surface area (Å²) >= 11 is 0. The zero-order chi connectivity index (χ0) is 15.0. The average molecular weight is 283 g/mol. The summed E-state index contributed by atoms with van der Waals surface area (Å²) in [6.45, 7) is 3.69. The van der Waals surface area contributed by atoms with Crippen LogP contribution in [0.15, 0.2) is 36.4 Å². The minimum Gasteiger partial charge on any atom is -0.508 e. The van der Waals surface area contributed by atoms with Crippen LogP contribution in [-0.4, -0.2) is 20.3 Å². The largest absolute Gasteiger partial charge is 0.508 e. The normalized spacial score (nSPS) is 10.8. The van der Waals surface area contributed by atoms with E-state index in [2.05, 4.69) is 15.2 Å². The van der Waals surface area contributed by atoms with E-state index in [0.717, 1.165) is 17.2 Å². The van der Waals surface area contributed by atoms with Gasteiger partial charge in [0, 0.05) is 11.6 Å². The molecule has 0 atom stereocenters. The maximum absolute atomic E-state index is 13.9. The van der Waals surface area contributed by atoms with Crippen LogP contribution in [0.2, 0.25) is 0 Å². The minimum absolute atomic E-state index is 0.0744. The van der Waals surface area contributed by atoms with E-state index in [1.807, 2.05) is 31.2 Å². The monoisotopic (exact) mass is 283 g/mol. The Kier molecular flexibility index (Phi) is 3.17. The quantitative estimate of drug-likeness (QED) is 0.755. The van der Waals surface area contributed by atoms with Crippen molar-refractivity contribution >= 4 is 0 Å². The molecule has 0 aliphatic carbocycles. The lowest BCUT2D eigenvalue weighted by atomic mass is 10.1. The van der Waals surface area contributed by atoms with Crippen molar-refractivity contribution in [1.29, 1.82) is 0 Å². The number of halogens is 1. The Morgan fingerprint density at radius 1 is 1.14 bits per heavy atom. The SMILES string of the molecule is Cc1cccc(-c2n[nH]c(-c3cc(C)c(O)cc3F)n2)c1. The summed E-state index contributed by atoms with van der Waals surface area (Å²) in [4.78, 5) is 4.34. The fourth-order valence-electron chi connectivity index (χ4n) is 2.15. The van der Waals surface area contributed by atoms with Gasteiger partial charge in [-0.25, -0.2) is 9.37 Å². The van der Waals surface area contributed by atoms with Crippen LogP contribution in [0.4, 0.5) is 4.39 Å². The molecule has 4 nitrogen and oxygen atoms in total. The number of aromatic hydroxyl groups is 1. The smallest absolute Gasteiger partial charge is 0.181 e. The summed E-state index contributed by atoms with van der Waals surface area (Å²) in [6.07, 6.45) is 0. The van der Waals surface area contributed by atoms with E-state index in [-0.39, 0.29) is 11.3 Å². The molecule has 0 spiro atoms. The molecule has 1 heterocycles. The van der Waals surface area contributed by atoms with Crippen LogP contribution in [0.5, 0.6) is 5.75 Å². The van der Waals surface area contributed by atoms with Gasteiger partial charge in [-0.3, -0.25) is 5.10 Å². The van der Waals surface area contributed by atoms with Gasteiger partial charge in [0.1, 0.15) is 11.6 Å². The number of aromatic amines is 1. The van der Waals surface area contributed by atoms with E-state index in [4.69, 9.17) is 0 Å². The van der Waals surface area contributed by atoms with Crippen LogP contribution in [0.3, 0.4) is 0 Å². The molecule has 5 heteroatoms. The lowest BCUT2D eigenvalue weighted by Gasteiger charge is -2.03. The highest BCUT2D eigenvalue weighted by Crippen LogP contribution is 2.28. The number of aryl methyl sites for hydroxylation is 2. The molecule has 0 unspecified atom stereocenters. The summed E-state index contributed by atoms with van der Waals surface area (Å²) in [5.41, 5.74) is 2.84. The van der Waals surface area contributed by atoms with Gasteiger partial charge in [0.05, 0.1) is 5.56 Å². The number of phenols is 1. The number of nitrogens with zero attached hydrogens (tertiary/aromatic N) is 2. The summed E-state index contributed by atoms with van der Waals surface area (Å²) in [7, 11) is 0. The second-order valence-corrected chi connectivity index (χ2v) is 5.00. The van der Waals surface area contributed by atoms with Crippen LogP contribution < -0.4 is 0 Å². The lowest BCUT2D eigenvalue weighted by Crippen LogP contribution is -1.89. The molecule has 1 aromatic heterocycles. The van der Waals surface area contributed by atoms with Crippen molar-refractivity contribution in [3.63, 3.8) is 0 Å². The zero-order valence-electron chi connectivity index (χ0n) is 11.7. The Balaban J connectivity index is 2.05. The number of benzene rings is 2. The molecule has 21 heavy (non-hydrogen) atoms. The topological polar surface area (TPSA) is 61.8 Å². The molecule has 0 radical (unpaired) electrons. The van der Waals surface area contributed by atoms with Crippen molar-refractivity contribution in [2.45, 2.75) is 13.8 Å². The molecular weight excluding hydrogens is 269 g/mol. The standard InChI is InChI=1S/C16H14FN3O/c1-9-4-3-5-11(6-9)15-18-16(20-19-15)12-7-10(2)14(21)8-13(12)17/h3-8,21H,1-2H3,(H,18,19,20). The Morgan fingerprint density at radius 3 is 2.71 bits per heavy atom. The molecule has 3 aromatic rings. The van der Waals surface area contributed by atoms with Gasteiger partial charge in [-0.05, 0) is 31.5 Å². The summed E-state index contributed by atoms with van der Waals surface area (Å²) in [5, 5.41) is 16.4. The first kappa shape index (κ1) is 13.3. The Bertz CT molecular complexity index is 811. The van der Waals surface area contributed by atoms with Crippen LogP contribution in [0.1, 0.15) is 11.1 Å². The summed E-state index contributed by atoms with van der Waals surface area (Å²) in [5.74, 6) is 0.241. The number of H-pyrrole nitrogens is 1. The number of hydrogen-bond acceptors (Lipinski definition) is 3. The molecule has 2 N–H and O–H groups in total. The van der Waals surface area contributed by atoms with Crippen molar-refractivity contribution in [3.8, 4) is 28.5 Å². The molecule has 2 aromatic carbocycles. The molecule has 0 saturated carbocycles. The van der Waals surface area contributed by atoms with E-state index in [1.54, 1.807) is 13.0 Å². The van der Waals surface area contributed by atoms with E-state index in [0.29, 0.717) is 17.2 Å². The van der Waals surface area contributed by atoms with Gasteiger partial charge in [-0.2, -0.15) is 5.10 Å². The average Bonchev–Trinajstić information content (AvgIpc) is 2.92. The highest BCUT2D eigenvalue weighted by molar-refractivity contribution is 5.63. The molecule has 0 amide bonds. The van der Waals surface area contributed by atoms with Gasteiger partial charge in [-0.15, -0.1) is 0 Å². The van der Waals surface area contributed by atoms with Crippen molar-refractivity contribution < 1.29 is 9.50 Å². The third kappa shape index (κ3) is 2.50. The van der Waals surface area contributed by atoms with Gasteiger partial charge >= 0.3 is 0 Å². The molecule has 0 aliphatic heterocycles. The fourth-order valence-corrected chi connectivity index (χ4v) is 2.15. The lowest BCUT2D eigenvalue weighted by molar-refractivity contribution is 0.465. The highest BCUT2D eigenvalue weighted by Gasteiger charge is 2.13. The Morgan fingerprint density at radius 2 is 1.95 bits per heavy atom. The second-order valence-electron chi connectivity index (χ2n) is 5.00. The van der Waals surface area contributed by atoms with Crippen molar-refractivity contribution in [2.75, 3.05) is 0 Å². The predicted octanol–water partition coefficient (Wildman–Crippen LogP) is 3.60. The number of nitrogens with one attached hydrogen (secondary N) is 1. The molecule has 0 aliphatic rings.